The van der Waals surface area contributed by atoms with Crippen molar-refractivity contribution in [1.29, 1.82) is 0 Å². The number of aryl methyl sites for hydroxylation is 1. The largest absolute Gasteiger partial charge is 0.250 e. The molecule has 0 aliphatic carbocycles. The van der Waals surface area contributed by atoms with Gasteiger partial charge in [-0.05, 0) is 6.42 Å². The molecule has 1 nitrogen and oxygen atoms in total. The van der Waals surface area contributed by atoms with Crippen molar-refractivity contribution in [3.05, 3.63) is 16.6 Å². The zero-order valence-corrected chi connectivity index (χ0v) is 9.61. The van der Waals surface area contributed by atoms with Crippen molar-refractivity contribution in [2.45, 2.75) is 19.8 Å². The minimum absolute atomic E-state index is 0. The van der Waals surface area contributed by atoms with Crippen LogP contribution in [0.3, 0.4) is 0 Å². The van der Waals surface area contributed by atoms with E-state index in [1.807, 2.05) is 5.51 Å². The summed E-state index contributed by atoms with van der Waals surface area (Å²) in [5, 5.41) is 2.10. The Hall–Kier alpha value is 0.500. The molecule has 0 fully saturated rings. The molecule has 0 aliphatic heterocycles. The molecular weight excluding hydrogens is 233 g/mol. The van der Waals surface area contributed by atoms with E-state index in [0.29, 0.717) is 0 Å². The van der Waals surface area contributed by atoms with Gasteiger partial charge in [0.25, 0.3) is 0 Å². The third kappa shape index (κ3) is 3.26. The molecule has 0 N–H and O–H groups in total. The molecule has 0 saturated carbocycles. The molecule has 0 unspecified atom stereocenters. The Kier molecular flexibility index (Phi) is 5.59. The summed E-state index contributed by atoms with van der Waals surface area (Å²) in [5.41, 5.74) is 3.11. The fourth-order valence-corrected chi connectivity index (χ4v) is 1.21. The van der Waals surface area contributed by atoms with Gasteiger partial charge in [-0.3, -0.25) is 0 Å². The Balaban J connectivity index is 0.000000640. The third-order valence-corrected chi connectivity index (χ3v) is 1.62. The third-order valence-electron chi connectivity index (χ3n) is 0.990. The first-order valence-corrected chi connectivity index (χ1v) is 3.75. The monoisotopic (exact) mass is 242 g/mol. The van der Waals surface area contributed by atoms with Crippen LogP contribution in [0.4, 0.5) is 0 Å². The first kappa shape index (κ1) is 9.50. The first-order valence-electron chi connectivity index (χ1n) is 2.80. The number of hydrogen-bond acceptors (Lipinski definition) is 2. The first-order chi connectivity index (χ1) is 3.93. The standard InChI is InChI=1S/C6H9NS.In/c1-2-3-6-4-8-5-7-6;/h4-5H,2-3H2,1H3;. The van der Waals surface area contributed by atoms with E-state index in [1.165, 1.54) is 12.1 Å². The van der Waals surface area contributed by atoms with Gasteiger partial charge in [-0.25, -0.2) is 4.98 Å². The summed E-state index contributed by atoms with van der Waals surface area (Å²) >= 11 is 1.67. The molecule has 0 aliphatic rings. The predicted octanol–water partition coefficient (Wildman–Crippen LogP) is 1.71. The van der Waals surface area contributed by atoms with Gasteiger partial charge in [0.1, 0.15) is 0 Å². The minimum Gasteiger partial charge on any atom is -0.250 e. The van der Waals surface area contributed by atoms with Crippen molar-refractivity contribution in [3.63, 3.8) is 0 Å². The molecule has 1 aromatic rings. The topological polar surface area (TPSA) is 12.9 Å². The van der Waals surface area contributed by atoms with Gasteiger partial charge in [0.05, 0.1) is 11.2 Å². The average Bonchev–Trinajstić information content (AvgIpc) is 2.19. The molecule has 0 amide bonds. The Bertz CT molecular complexity index is 139. The zero-order valence-electron chi connectivity index (χ0n) is 5.50. The number of aromatic nitrogens is 1. The van der Waals surface area contributed by atoms with Crippen LogP contribution in [0.15, 0.2) is 10.9 Å². The molecule has 1 rings (SSSR count). The van der Waals surface area contributed by atoms with Crippen LogP contribution in [-0.4, -0.2) is 30.8 Å². The second-order valence-electron chi connectivity index (χ2n) is 1.73. The summed E-state index contributed by atoms with van der Waals surface area (Å²) in [4.78, 5) is 4.12. The Morgan fingerprint density at radius 2 is 2.44 bits per heavy atom. The van der Waals surface area contributed by atoms with Gasteiger partial charge >= 0.3 is 0 Å². The van der Waals surface area contributed by atoms with E-state index >= 15 is 0 Å². The fourth-order valence-electron chi connectivity index (χ4n) is 0.617. The van der Waals surface area contributed by atoms with Gasteiger partial charge < -0.3 is 0 Å². The van der Waals surface area contributed by atoms with E-state index < -0.39 is 0 Å². The Labute approximate surface area is 78.3 Å². The van der Waals surface area contributed by atoms with E-state index in [-0.39, 0.29) is 25.8 Å². The van der Waals surface area contributed by atoms with Gasteiger partial charge in [-0.2, -0.15) is 0 Å². The van der Waals surface area contributed by atoms with Crippen molar-refractivity contribution in [2.24, 2.45) is 0 Å². The van der Waals surface area contributed by atoms with E-state index in [9.17, 15) is 0 Å². The summed E-state index contributed by atoms with van der Waals surface area (Å²) < 4.78 is 0. The van der Waals surface area contributed by atoms with Gasteiger partial charge in [0.2, 0.25) is 0 Å². The van der Waals surface area contributed by atoms with Crippen LogP contribution in [0.2, 0.25) is 0 Å². The molecule has 3 radical (unpaired) electrons. The van der Waals surface area contributed by atoms with Crippen LogP contribution in [-0.2, 0) is 6.42 Å². The maximum absolute atomic E-state index is 4.12. The maximum Gasteiger partial charge on any atom is 0.0794 e. The molecule has 1 aromatic heterocycles. The maximum atomic E-state index is 4.12. The number of thiazole rings is 1. The van der Waals surface area contributed by atoms with Crippen molar-refractivity contribution in [1.82, 2.24) is 4.98 Å². The molecule has 0 atom stereocenters. The Morgan fingerprint density at radius 1 is 1.67 bits per heavy atom. The van der Waals surface area contributed by atoms with E-state index in [4.69, 9.17) is 0 Å². The summed E-state index contributed by atoms with van der Waals surface area (Å²) in [5.74, 6) is 0. The van der Waals surface area contributed by atoms with Crippen LogP contribution in [0.25, 0.3) is 0 Å². The minimum atomic E-state index is 0. The number of nitrogens with zero attached hydrogens (tertiary/aromatic N) is 1. The molecule has 47 valence electrons. The van der Waals surface area contributed by atoms with Crippen molar-refractivity contribution in [2.75, 3.05) is 0 Å². The van der Waals surface area contributed by atoms with E-state index in [0.717, 1.165) is 6.42 Å². The molecule has 3 heteroatoms. The van der Waals surface area contributed by atoms with Gasteiger partial charge in [0, 0.05) is 31.2 Å². The summed E-state index contributed by atoms with van der Waals surface area (Å²) in [6.07, 6.45) is 2.33. The van der Waals surface area contributed by atoms with Gasteiger partial charge in [0.15, 0.2) is 0 Å². The van der Waals surface area contributed by atoms with Crippen LogP contribution < -0.4 is 0 Å². The summed E-state index contributed by atoms with van der Waals surface area (Å²) in [6, 6.07) is 0. The van der Waals surface area contributed by atoms with Crippen molar-refractivity contribution >= 4 is 37.2 Å². The average molecular weight is 242 g/mol. The molecule has 0 aromatic carbocycles. The van der Waals surface area contributed by atoms with Gasteiger partial charge in [-0.1, -0.05) is 13.3 Å². The number of hydrogen-bond donors (Lipinski definition) is 0. The normalized spacial score (nSPS) is 8.56. The molecular formula is C6H9InNS. The van der Waals surface area contributed by atoms with Gasteiger partial charge in [-0.15, -0.1) is 11.3 Å². The second-order valence-corrected chi connectivity index (χ2v) is 2.45. The Morgan fingerprint density at radius 3 is 2.89 bits per heavy atom. The molecule has 9 heavy (non-hydrogen) atoms. The summed E-state index contributed by atoms with van der Waals surface area (Å²) in [6.45, 7) is 2.17. The van der Waals surface area contributed by atoms with Crippen molar-refractivity contribution in [3.8, 4) is 0 Å². The fraction of sp³-hybridized carbons (Fsp3) is 0.500. The zero-order chi connectivity index (χ0) is 5.82. The SMILES string of the molecule is CCCc1cscn1.[In]. The molecule has 0 saturated heterocycles. The predicted molar refractivity (Wildman–Crippen MR) is 41.9 cm³/mol. The quantitative estimate of drug-likeness (QED) is 0.769. The molecule has 0 bridgehead atoms. The summed E-state index contributed by atoms with van der Waals surface area (Å²) in [7, 11) is 0. The molecule has 1 heterocycles. The van der Waals surface area contributed by atoms with Crippen LogP contribution in [0.5, 0.6) is 0 Å². The van der Waals surface area contributed by atoms with Crippen LogP contribution in [0, 0.1) is 0 Å². The molecule has 0 spiro atoms. The van der Waals surface area contributed by atoms with E-state index in [1.54, 1.807) is 11.3 Å². The second kappa shape index (κ2) is 5.30. The van der Waals surface area contributed by atoms with Crippen molar-refractivity contribution < 1.29 is 0 Å². The van der Waals surface area contributed by atoms with Crippen LogP contribution in [0.1, 0.15) is 19.0 Å². The van der Waals surface area contributed by atoms with Crippen LogP contribution >= 0.6 is 11.3 Å². The number of rotatable bonds is 2. The van der Waals surface area contributed by atoms with E-state index in [2.05, 4.69) is 17.3 Å². The smallest absolute Gasteiger partial charge is 0.0794 e.